The van der Waals surface area contributed by atoms with E-state index in [2.05, 4.69) is 9.97 Å². The van der Waals surface area contributed by atoms with Gasteiger partial charge < -0.3 is 10.7 Å². The lowest BCUT2D eigenvalue weighted by molar-refractivity contribution is -0.384. The number of aromatic amines is 1. The second-order valence-corrected chi connectivity index (χ2v) is 6.94. The maximum atomic E-state index is 10.9. The number of fused-ring (bicyclic) bond motifs is 1. The second-order valence-electron chi connectivity index (χ2n) is 5.30. The Hall–Kier alpha value is -3.04. The molecule has 3 N–H and O–H groups in total. The Kier molecular flexibility index (Phi) is 3.59. The minimum absolute atomic E-state index is 0.00478. The number of rotatable bonds is 3. The fourth-order valence-electron chi connectivity index (χ4n) is 2.60. The number of hydrogen-bond acceptors (Lipinski definition) is 6. The molecule has 0 aliphatic rings. The number of nitrogen functional groups attached to an aromatic ring is 1. The zero-order valence-corrected chi connectivity index (χ0v) is 14.3. The maximum Gasteiger partial charge on any atom is 0.271 e. The van der Waals surface area contributed by atoms with Gasteiger partial charge in [-0.1, -0.05) is 29.5 Å². The van der Waals surface area contributed by atoms with Gasteiger partial charge in [-0.15, -0.1) is 0 Å². The molecule has 0 fully saturated rings. The van der Waals surface area contributed by atoms with Gasteiger partial charge in [0.05, 0.1) is 16.0 Å². The summed E-state index contributed by atoms with van der Waals surface area (Å²) in [6.07, 6.45) is 0. The Bertz CT molecular complexity index is 1160. The van der Waals surface area contributed by atoms with Gasteiger partial charge in [0.1, 0.15) is 10.7 Å². The van der Waals surface area contributed by atoms with E-state index in [-0.39, 0.29) is 5.69 Å². The van der Waals surface area contributed by atoms with Gasteiger partial charge in [0.2, 0.25) is 0 Å². The van der Waals surface area contributed by atoms with Gasteiger partial charge >= 0.3 is 0 Å². The number of benzene rings is 2. The molecule has 0 unspecified atom stereocenters. The predicted molar refractivity (Wildman–Crippen MR) is 101 cm³/mol. The molecule has 0 radical (unpaired) electrons. The van der Waals surface area contributed by atoms with Crippen LogP contribution >= 0.6 is 23.6 Å². The molecule has 9 heteroatoms. The molecule has 0 bridgehead atoms. The lowest BCUT2D eigenvalue weighted by Crippen LogP contribution is -2.00. The van der Waals surface area contributed by atoms with Crippen LogP contribution in [0, 0.1) is 14.1 Å². The Labute approximate surface area is 150 Å². The molecular formula is C16H11N5O2S2. The molecule has 0 spiro atoms. The molecule has 0 amide bonds. The van der Waals surface area contributed by atoms with E-state index in [0.717, 1.165) is 5.69 Å². The summed E-state index contributed by atoms with van der Waals surface area (Å²) in [6.45, 7) is 0. The zero-order valence-electron chi connectivity index (χ0n) is 12.7. The summed E-state index contributed by atoms with van der Waals surface area (Å²) in [7, 11) is 0. The number of aromatic nitrogens is 3. The van der Waals surface area contributed by atoms with Crippen molar-refractivity contribution in [1.82, 2.24) is 14.5 Å². The highest BCUT2D eigenvalue weighted by molar-refractivity contribution is 7.73. The van der Waals surface area contributed by atoms with Crippen LogP contribution in [-0.4, -0.2) is 19.5 Å². The standard InChI is InChI=1S/C16H11N5O2S2/c17-14-13(25-16(24)20(14)9-4-2-1-3-5-9)15-18-11-7-6-10(21(22)23)8-12(11)19-15/h1-8H,17H2,(H,18,19). The second kappa shape index (κ2) is 5.80. The molecule has 0 saturated carbocycles. The first-order chi connectivity index (χ1) is 12.0. The first-order valence-electron chi connectivity index (χ1n) is 7.26. The van der Waals surface area contributed by atoms with Gasteiger partial charge in [0, 0.05) is 17.8 Å². The third kappa shape index (κ3) is 2.59. The normalized spacial score (nSPS) is 11.0. The molecule has 0 aliphatic heterocycles. The van der Waals surface area contributed by atoms with E-state index in [4.69, 9.17) is 18.0 Å². The number of nitrogens with one attached hydrogen (secondary N) is 1. The molecule has 0 saturated heterocycles. The summed E-state index contributed by atoms with van der Waals surface area (Å²) in [5.41, 5.74) is 8.39. The number of non-ortho nitro benzene ring substituents is 1. The summed E-state index contributed by atoms with van der Waals surface area (Å²) in [5.74, 6) is 1.02. The van der Waals surface area contributed by atoms with Crippen molar-refractivity contribution in [2.24, 2.45) is 0 Å². The molecule has 0 aliphatic carbocycles. The Morgan fingerprint density at radius 1 is 1.24 bits per heavy atom. The van der Waals surface area contributed by atoms with Crippen molar-refractivity contribution in [2.75, 3.05) is 5.73 Å². The first-order valence-corrected chi connectivity index (χ1v) is 8.48. The molecule has 7 nitrogen and oxygen atoms in total. The largest absolute Gasteiger partial charge is 0.383 e. The van der Waals surface area contributed by atoms with Gasteiger partial charge in [-0.25, -0.2) is 4.98 Å². The van der Waals surface area contributed by atoms with Gasteiger partial charge in [-0.05, 0) is 30.4 Å². The van der Waals surface area contributed by atoms with Crippen molar-refractivity contribution in [2.45, 2.75) is 0 Å². The number of nitrogens with two attached hydrogens (primary N) is 1. The van der Waals surface area contributed by atoms with Crippen LogP contribution in [-0.2, 0) is 0 Å². The third-order valence-corrected chi connectivity index (χ3v) is 5.15. The van der Waals surface area contributed by atoms with Crippen LogP contribution in [0.3, 0.4) is 0 Å². The molecule has 2 aromatic carbocycles. The van der Waals surface area contributed by atoms with Gasteiger partial charge in [0.25, 0.3) is 5.69 Å². The zero-order chi connectivity index (χ0) is 17.6. The minimum Gasteiger partial charge on any atom is -0.383 e. The summed E-state index contributed by atoms with van der Waals surface area (Å²) < 4.78 is 2.38. The quantitative estimate of drug-likeness (QED) is 0.318. The molecule has 0 atom stereocenters. The highest BCUT2D eigenvalue weighted by atomic mass is 32.1. The fourth-order valence-corrected chi connectivity index (χ4v) is 3.91. The number of imidazole rings is 1. The van der Waals surface area contributed by atoms with Crippen molar-refractivity contribution in [3.63, 3.8) is 0 Å². The van der Waals surface area contributed by atoms with Crippen LogP contribution in [0.1, 0.15) is 0 Å². The van der Waals surface area contributed by atoms with E-state index in [1.54, 1.807) is 10.6 Å². The van der Waals surface area contributed by atoms with E-state index >= 15 is 0 Å². The lowest BCUT2D eigenvalue weighted by atomic mass is 10.3. The Morgan fingerprint density at radius 2 is 2.00 bits per heavy atom. The van der Waals surface area contributed by atoms with Gasteiger partial charge in [0.15, 0.2) is 9.78 Å². The molecule has 2 aromatic heterocycles. The van der Waals surface area contributed by atoms with E-state index in [0.29, 0.717) is 31.5 Å². The van der Waals surface area contributed by atoms with Crippen molar-refractivity contribution in [3.8, 4) is 16.4 Å². The molecular weight excluding hydrogens is 358 g/mol. The molecule has 4 rings (SSSR count). The number of para-hydroxylation sites is 1. The molecule has 4 aromatic rings. The number of thiazole rings is 1. The SMILES string of the molecule is Nc1c(-c2nc3ccc([N+](=O)[O-])cc3[nH]2)sc(=S)n1-c1ccccc1. The van der Waals surface area contributed by atoms with E-state index < -0.39 is 4.92 Å². The smallest absolute Gasteiger partial charge is 0.271 e. The Balaban J connectivity index is 1.87. The van der Waals surface area contributed by atoms with Crippen molar-refractivity contribution in [1.29, 1.82) is 0 Å². The highest BCUT2D eigenvalue weighted by Crippen LogP contribution is 2.34. The van der Waals surface area contributed by atoms with Crippen LogP contribution < -0.4 is 5.73 Å². The number of anilines is 1. The average molecular weight is 369 g/mol. The van der Waals surface area contributed by atoms with Crippen molar-refractivity contribution < 1.29 is 4.92 Å². The van der Waals surface area contributed by atoms with Crippen LogP contribution in [0.2, 0.25) is 0 Å². The van der Waals surface area contributed by atoms with Gasteiger partial charge in [-0.2, -0.15) is 0 Å². The van der Waals surface area contributed by atoms with Crippen molar-refractivity contribution >= 4 is 46.1 Å². The third-order valence-electron chi connectivity index (χ3n) is 3.75. The lowest BCUT2D eigenvalue weighted by Gasteiger charge is -2.05. The molecule has 124 valence electrons. The summed E-state index contributed by atoms with van der Waals surface area (Å²) in [5, 5.41) is 10.9. The van der Waals surface area contributed by atoms with E-state index in [9.17, 15) is 10.1 Å². The molecule has 2 heterocycles. The predicted octanol–water partition coefficient (Wildman–Crippen LogP) is 4.30. The van der Waals surface area contributed by atoms with E-state index in [1.165, 1.54) is 23.5 Å². The Morgan fingerprint density at radius 3 is 2.72 bits per heavy atom. The monoisotopic (exact) mass is 369 g/mol. The maximum absolute atomic E-state index is 10.9. The number of nitro benzene ring substituents is 1. The topological polar surface area (TPSA) is 103 Å². The number of nitrogens with zero attached hydrogens (tertiary/aromatic N) is 3. The van der Waals surface area contributed by atoms with Crippen LogP contribution in [0.25, 0.3) is 27.4 Å². The first kappa shape index (κ1) is 15.5. The van der Waals surface area contributed by atoms with Gasteiger partial charge in [-0.3, -0.25) is 14.7 Å². The fraction of sp³-hybridized carbons (Fsp3) is 0. The molecule has 25 heavy (non-hydrogen) atoms. The average Bonchev–Trinajstić information content (AvgIpc) is 3.15. The highest BCUT2D eigenvalue weighted by Gasteiger charge is 2.17. The summed E-state index contributed by atoms with van der Waals surface area (Å²) >= 11 is 6.79. The number of H-pyrrole nitrogens is 1. The van der Waals surface area contributed by atoms with E-state index in [1.807, 2.05) is 30.3 Å². The number of nitro groups is 1. The van der Waals surface area contributed by atoms with Crippen LogP contribution in [0.15, 0.2) is 48.5 Å². The summed E-state index contributed by atoms with van der Waals surface area (Å²) in [4.78, 5) is 18.8. The van der Waals surface area contributed by atoms with Crippen LogP contribution in [0.4, 0.5) is 11.5 Å². The summed E-state index contributed by atoms with van der Waals surface area (Å²) in [6, 6.07) is 14.1. The minimum atomic E-state index is -0.440. The van der Waals surface area contributed by atoms with Crippen molar-refractivity contribution in [3.05, 3.63) is 62.6 Å². The number of hydrogen-bond donors (Lipinski definition) is 2. The van der Waals surface area contributed by atoms with Crippen LogP contribution in [0.5, 0.6) is 0 Å².